The Labute approximate surface area is 76.5 Å². The lowest BCUT2D eigenvalue weighted by atomic mass is 10.5. The van der Waals surface area contributed by atoms with Gasteiger partial charge in [-0.25, -0.2) is 0 Å². The van der Waals surface area contributed by atoms with Crippen molar-refractivity contribution in [3.63, 3.8) is 0 Å². The Hall–Kier alpha value is 0.620. The van der Waals surface area contributed by atoms with Crippen LogP contribution in [0.15, 0.2) is 0 Å². The molecule has 0 unspecified atom stereocenters. The first-order valence-electron chi connectivity index (χ1n) is 3.76. The van der Waals surface area contributed by atoms with E-state index in [9.17, 15) is 0 Å². The highest BCUT2D eigenvalue weighted by Gasteiger charge is 1.90. The zero-order valence-corrected chi connectivity index (χ0v) is 8.55. The van der Waals surface area contributed by atoms with Crippen LogP contribution in [0.4, 0.5) is 0 Å². The summed E-state index contributed by atoms with van der Waals surface area (Å²) in [5, 5.41) is 8.46. The van der Waals surface area contributed by atoms with Crippen LogP contribution in [-0.4, -0.2) is 36.9 Å². The summed E-state index contributed by atoms with van der Waals surface area (Å²) in [6.07, 6.45) is 2.02. The van der Waals surface area contributed by atoms with Gasteiger partial charge in [-0.05, 0) is 12.8 Å². The Bertz CT molecular complexity index is 63.5. The second-order valence-corrected chi connectivity index (χ2v) is 4.77. The van der Waals surface area contributed by atoms with Gasteiger partial charge in [-0.1, -0.05) is 21.6 Å². The number of aliphatic hydroxyl groups excluding tert-OH is 1. The third-order valence-corrected chi connectivity index (χ3v) is 3.62. The molecular weight excluding hydrogens is 180 g/mol. The average Bonchev–Trinajstić information content (AvgIpc) is 2.03. The van der Waals surface area contributed by atoms with E-state index in [0.29, 0.717) is 6.61 Å². The van der Waals surface area contributed by atoms with E-state index in [2.05, 4.69) is 0 Å². The first kappa shape index (κ1) is 11.6. The highest BCUT2D eigenvalue weighted by molar-refractivity contribution is 8.76. The van der Waals surface area contributed by atoms with Gasteiger partial charge in [0.25, 0.3) is 0 Å². The van der Waals surface area contributed by atoms with E-state index in [1.165, 1.54) is 0 Å². The number of methoxy groups -OCH3 is 1. The Morgan fingerprint density at radius 3 is 2.36 bits per heavy atom. The molecule has 4 heteroatoms. The first-order valence-corrected chi connectivity index (χ1v) is 6.25. The fraction of sp³-hybridized carbons (Fsp3) is 1.00. The summed E-state index contributed by atoms with van der Waals surface area (Å²) in [4.78, 5) is 0. The quantitative estimate of drug-likeness (QED) is 0.473. The van der Waals surface area contributed by atoms with Crippen LogP contribution in [0.25, 0.3) is 0 Å². The van der Waals surface area contributed by atoms with E-state index in [4.69, 9.17) is 9.84 Å². The lowest BCUT2D eigenvalue weighted by Crippen LogP contribution is -1.89. The molecule has 0 radical (unpaired) electrons. The van der Waals surface area contributed by atoms with Crippen LogP contribution in [-0.2, 0) is 4.74 Å². The first-order chi connectivity index (χ1) is 5.41. The van der Waals surface area contributed by atoms with Crippen molar-refractivity contribution in [2.45, 2.75) is 12.8 Å². The molecule has 0 amide bonds. The van der Waals surface area contributed by atoms with Gasteiger partial charge in [0.05, 0.1) is 0 Å². The van der Waals surface area contributed by atoms with E-state index < -0.39 is 0 Å². The summed E-state index contributed by atoms with van der Waals surface area (Å²) in [7, 11) is 5.41. The number of aliphatic hydroxyl groups is 1. The molecule has 0 fully saturated rings. The van der Waals surface area contributed by atoms with Crippen molar-refractivity contribution in [2.24, 2.45) is 0 Å². The van der Waals surface area contributed by atoms with Crippen molar-refractivity contribution in [2.75, 3.05) is 31.8 Å². The van der Waals surface area contributed by atoms with Crippen LogP contribution in [0.1, 0.15) is 12.8 Å². The van der Waals surface area contributed by atoms with Gasteiger partial charge in [0.2, 0.25) is 0 Å². The van der Waals surface area contributed by atoms with Crippen LogP contribution in [0.5, 0.6) is 0 Å². The Balaban J connectivity index is 2.69. The minimum absolute atomic E-state index is 0.311. The molecule has 0 aromatic heterocycles. The Kier molecular flexibility index (Phi) is 11.2. The highest BCUT2D eigenvalue weighted by atomic mass is 33.1. The van der Waals surface area contributed by atoms with Crippen LogP contribution in [0.2, 0.25) is 0 Å². The van der Waals surface area contributed by atoms with Crippen LogP contribution < -0.4 is 0 Å². The minimum Gasteiger partial charge on any atom is -0.396 e. The van der Waals surface area contributed by atoms with Crippen molar-refractivity contribution < 1.29 is 9.84 Å². The van der Waals surface area contributed by atoms with Crippen LogP contribution >= 0.6 is 21.6 Å². The van der Waals surface area contributed by atoms with Gasteiger partial charge in [0.1, 0.15) is 0 Å². The maximum Gasteiger partial charge on any atom is 0.0470 e. The van der Waals surface area contributed by atoms with Gasteiger partial charge in [-0.3, -0.25) is 0 Å². The van der Waals surface area contributed by atoms with Crippen molar-refractivity contribution in [1.29, 1.82) is 0 Å². The monoisotopic (exact) mass is 196 g/mol. The molecule has 0 saturated heterocycles. The van der Waals surface area contributed by atoms with E-state index in [-0.39, 0.29) is 0 Å². The minimum atomic E-state index is 0.311. The van der Waals surface area contributed by atoms with E-state index in [1.54, 1.807) is 7.11 Å². The molecule has 0 aliphatic heterocycles. The van der Waals surface area contributed by atoms with E-state index >= 15 is 0 Å². The average molecular weight is 196 g/mol. The fourth-order valence-corrected chi connectivity index (χ4v) is 2.64. The predicted molar refractivity (Wildman–Crippen MR) is 53.1 cm³/mol. The molecule has 0 rings (SSSR count). The standard InChI is InChI=1S/C7H16O2S2/c1-9-5-3-7-11-10-6-2-4-8/h8H,2-7H2,1H3. The highest BCUT2D eigenvalue weighted by Crippen LogP contribution is 2.22. The summed E-state index contributed by atoms with van der Waals surface area (Å²) in [5.41, 5.74) is 0. The summed E-state index contributed by atoms with van der Waals surface area (Å²) < 4.78 is 4.91. The summed E-state index contributed by atoms with van der Waals surface area (Å²) >= 11 is 0. The molecule has 0 spiro atoms. The van der Waals surface area contributed by atoms with Gasteiger partial charge < -0.3 is 9.84 Å². The number of hydrogen-bond donors (Lipinski definition) is 1. The normalized spacial score (nSPS) is 10.4. The molecule has 11 heavy (non-hydrogen) atoms. The summed E-state index contributed by atoms with van der Waals surface area (Å²) in [5.74, 6) is 2.19. The maximum absolute atomic E-state index is 8.46. The molecule has 0 aliphatic rings. The smallest absolute Gasteiger partial charge is 0.0470 e. The van der Waals surface area contributed by atoms with E-state index in [0.717, 1.165) is 31.0 Å². The Morgan fingerprint density at radius 1 is 1.18 bits per heavy atom. The van der Waals surface area contributed by atoms with Gasteiger partial charge in [-0.2, -0.15) is 0 Å². The molecule has 0 bridgehead atoms. The van der Waals surface area contributed by atoms with Crippen molar-refractivity contribution in [1.82, 2.24) is 0 Å². The van der Waals surface area contributed by atoms with Gasteiger partial charge in [-0.15, -0.1) is 0 Å². The second-order valence-electron chi connectivity index (χ2n) is 2.07. The van der Waals surface area contributed by atoms with Crippen molar-refractivity contribution in [3.8, 4) is 0 Å². The van der Waals surface area contributed by atoms with Crippen LogP contribution in [0.3, 0.4) is 0 Å². The largest absolute Gasteiger partial charge is 0.396 e. The lowest BCUT2D eigenvalue weighted by molar-refractivity contribution is 0.200. The fourth-order valence-electron chi connectivity index (χ4n) is 0.504. The van der Waals surface area contributed by atoms with Crippen LogP contribution in [0, 0.1) is 0 Å². The number of rotatable bonds is 8. The summed E-state index contributed by atoms with van der Waals surface area (Å²) in [6.45, 7) is 1.17. The zero-order chi connectivity index (χ0) is 8.36. The topological polar surface area (TPSA) is 29.5 Å². The third-order valence-electron chi connectivity index (χ3n) is 1.05. The van der Waals surface area contributed by atoms with Gasteiger partial charge in [0.15, 0.2) is 0 Å². The second kappa shape index (κ2) is 10.6. The summed E-state index contributed by atoms with van der Waals surface area (Å²) in [6, 6.07) is 0. The van der Waals surface area contributed by atoms with Gasteiger partial charge >= 0.3 is 0 Å². The Morgan fingerprint density at radius 2 is 1.82 bits per heavy atom. The maximum atomic E-state index is 8.46. The molecule has 0 aromatic rings. The SMILES string of the molecule is COCCCSSCCCO. The number of ether oxygens (including phenoxy) is 1. The lowest BCUT2D eigenvalue weighted by Gasteiger charge is -1.98. The molecule has 0 saturated carbocycles. The van der Waals surface area contributed by atoms with Crippen molar-refractivity contribution >= 4 is 21.6 Å². The molecule has 0 aliphatic carbocycles. The molecule has 68 valence electrons. The molecule has 1 N–H and O–H groups in total. The molecule has 0 aromatic carbocycles. The predicted octanol–water partition coefficient (Wildman–Crippen LogP) is 1.79. The third kappa shape index (κ3) is 10.6. The molecule has 0 atom stereocenters. The molecule has 0 heterocycles. The van der Waals surface area contributed by atoms with Gasteiger partial charge in [0, 0.05) is 31.8 Å². The molecular formula is C7H16O2S2. The van der Waals surface area contributed by atoms with E-state index in [1.807, 2.05) is 21.6 Å². The molecule has 2 nitrogen and oxygen atoms in total. The zero-order valence-electron chi connectivity index (χ0n) is 6.91. The number of hydrogen-bond acceptors (Lipinski definition) is 4. The van der Waals surface area contributed by atoms with Crippen molar-refractivity contribution in [3.05, 3.63) is 0 Å².